The van der Waals surface area contributed by atoms with Crippen molar-refractivity contribution >= 4 is 17.5 Å². The zero-order valence-corrected chi connectivity index (χ0v) is 13.8. The summed E-state index contributed by atoms with van der Waals surface area (Å²) in [4.78, 5) is 28.4. The predicted octanol–water partition coefficient (Wildman–Crippen LogP) is 3.33. The van der Waals surface area contributed by atoms with E-state index in [0.717, 1.165) is 11.3 Å². The summed E-state index contributed by atoms with van der Waals surface area (Å²) in [6, 6.07) is 11.1. The Hall–Kier alpha value is -2.69. The van der Waals surface area contributed by atoms with E-state index in [9.17, 15) is 9.59 Å². The Labute approximate surface area is 135 Å². The molecule has 2 rings (SSSR count). The average molecular weight is 312 g/mol. The van der Waals surface area contributed by atoms with Crippen LogP contribution < -0.4 is 0 Å². The van der Waals surface area contributed by atoms with Gasteiger partial charge in [-0.05, 0) is 38.5 Å². The van der Waals surface area contributed by atoms with Crippen LogP contribution in [0.4, 0.5) is 0 Å². The largest absolute Gasteiger partial charge is 0.337 e. The van der Waals surface area contributed by atoms with Gasteiger partial charge in [-0.2, -0.15) is 0 Å². The Morgan fingerprint density at radius 1 is 1.09 bits per heavy atom. The third-order valence-corrected chi connectivity index (χ3v) is 3.60. The molecule has 1 aromatic carbocycles. The van der Waals surface area contributed by atoms with E-state index in [0.29, 0.717) is 23.5 Å². The molecule has 1 heterocycles. The molecule has 2 aromatic rings. The normalized spacial score (nSPS) is 11.4. The maximum absolute atomic E-state index is 12.8. The number of nitrogens with zero attached hydrogens (tertiary/aromatic N) is 2. The number of benzene rings is 1. The minimum Gasteiger partial charge on any atom is -0.337 e. The lowest BCUT2D eigenvalue weighted by Gasteiger charge is -2.11. The monoisotopic (exact) mass is 312 g/mol. The third-order valence-electron chi connectivity index (χ3n) is 3.60. The Bertz CT molecular complexity index is 772. The molecular weight excluding hydrogens is 292 g/mol. The van der Waals surface area contributed by atoms with E-state index in [-0.39, 0.29) is 5.78 Å². The first-order valence-electron chi connectivity index (χ1n) is 7.48. The summed E-state index contributed by atoms with van der Waals surface area (Å²) in [7, 11) is 0. The van der Waals surface area contributed by atoms with E-state index in [1.54, 1.807) is 13.0 Å². The molecule has 1 aromatic heterocycles. The van der Waals surface area contributed by atoms with Crippen molar-refractivity contribution in [3.05, 3.63) is 58.9 Å². The highest BCUT2D eigenvalue weighted by Crippen LogP contribution is 2.18. The van der Waals surface area contributed by atoms with Gasteiger partial charge < -0.3 is 9.40 Å². The Morgan fingerprint density at radius 2 is 1.74 bits per heavy atom. The smallest absolute Gasteiger partial charge is 0.331 e. The first kappa shape index (κ1) is 16.7. The molecule has 0 aliphatic rings. The highest BCUT2D eigenvalue weighted by Gasteiger charge is 2.18. The second-order valence-electron chi connectivity index (χ2n) is 5.25. The Kier molecular flexibility index (Phi) is 5.11. The second-order valence-corrected chi connectivity index (χ2v) is 5.25. The SMILES string of the molecule is CCn1c(C(=O)c2ccccc2C)ccc1C(C)=NOC(C)=O. The summed E-state index contributed by atoms with van der Waals surface area (Å²) in [5, 5.41) is 3.80. The number of rotatable bonds is 5. The molecule has 0 atom stereocenters. The van der Waals surface area contributed by atoms with Crippen LogP contribution in [-0.4, -0.2) is 22.0 Å². The minimum absolute atomic E-state index is 0.0310. The molecule has 23 heavy (non-hydrogen) atoms. The summed E-state index contributed by atoms with van der Waals surface area (Å²) < 4.78 is 1.87. The van der Waals surface area contributed by atoms with Crippen molar-refractivity contribution < 1.29 is 14.4 Å². The number of hydrogen-bond donors (Lipinski definition) is 0. The number of ketones is 1. The third kappa shape index (κ3) is 3.56. The van der Waals surface area contributed by atoms with E-state index in [1.807, 2.05) is 48.7 Å². The molecule has 5 heteroatoms. The zero-order valence-electron chi connectivity index (χ0n) is 13.8. The van der Waals surface area contributed by atoms with Crippen LogP contribution in [-0.2, 0) is 16.2 Å². The fourth-order valence-corrected chi connectivity index (χ4v) is 2.47. The maximum Gasteiger partial charge on any atom is 0.331 e. The lowest BCUT2D eigenvalue weighted by Crippen LogP contribution is -2.14. The lowest BCUT2D eigenvalue weighted by atomic mass is 10.0. The molecule has 0 saturated heterocycles. The molecule has 0 aliphatic carbocycles. The predicted molar refractivity (Wildman–Crippen MR) is 88.7 cm³/mol. The number of oxime groups is 1. The molecule has 0 fully saturated rings. The van der Waals surface area contributed by atoms with Gasteiger partial charge in [-0.1, -0.05) is 29.4 Å². The van der Waals surface area contributed by atoms with Crippen molar-refractivity contribution in [2.75, 3.05) is 0 Å². The minimum atomic E-state index is -0.477. The highest BCUT2D eigenvalue weighted by molar-refractivity contribution is 6.10. The van der Waals surface area contributed by atoms with Crippen LogP contribution in [0.1, 0.15) is 48.1 Å². The van der Waals surface area contributed by atoms with Gasteiger partial charge in [0.1, 0.15) is 5.71 Å². The van der Waals surface area contributed by atoms with Crippen LogP contribution in [0.5, 0.6) is 0 Å². The van der Waals surface area contributed by atoms with Crippen molar-refractivity contribution in [2.24, 2.45) is 5.16 Å². The average Bonchev–Trinajstić information content (AvgIpc) is 2.96. The van der Waals surface area contributed by atoms with E-state index >= 15 is 0 Å². The number of aryl methyl sites for hydroxylation is 1. The highest BCUT2D eigenvalue weighted by atomic mass is 16.7. The second kappa shape index (κ2) is 7.05. The molecule has 0 N–H and O–H groups in total. The number of carbonyl (C=O) groups excluding carboxylic acids is 2. The summed E-state index contributed by atoms with van der Waals surface area (Å²) in [5.41, 5.74) is 3.51. The molecule has 0 amide bonds. The maximum atomic E-state index is 12.8. The van der Waals surface area contributed by atoms with Gasteiger partial charge in [-0.3, -0.25) is 4.79 Å². The first-order valence-corrected chi connectivity index (χ1v) is 7.48. The zero-order chi connectivity index (χ0) is 17.0. The van der Waals surface area contributed by atoms with Crippen molar-refractivity contribution in [3.63, 3.8) is 0 Å². The van der Waals surface area contributed by atoms with Crippen LogP contribution in [0.2, 0.25) is 0 Å². The summed E-state index contributed by atoms with van der Waals surface area (Å²) in [5.74, 6) is -0.508. The molecule has 0 radical (unpaired) electrons. The van der Waals surface area contributed by atoms with E-state index in [1.165, 1.54) is 6.92 Å². The topological polar surface area (TPSA) is 60.7 Å². The van der Waals surface area contributed by atoms with Crippen LogP contribution >= 0.6 is 0 Å². The summed E-state index contributed by atoms with van der Waals surface area (Å²) in [6.07, 6.45) is 0. The van der Waals surface area contributed by atoms with Gasteiger partial charge in [-0.15, -0.1) is 0 Å². The molecular formula is C18H20N2O3. The van der Waals surface area contributed by atoms with Gasteiger partial charge in [0.25, 0.3) is 0 Å². The van der Waals surface area contributed by atoms with Gasteiger partial charge >= 0.3 is 5.97 Å². The van der Waals surface area contributed by atoms with Crippen LogP contribution in [0.15, 0.2) is 41.6 Å². The number of aromatic nitrogens is 1. The van der Waals surface area contributed by atoms with Crippen LogP contribution in [0.3, 0.4) is 0 Å². The molecule has 0 unspecified atom stereocenters. The van der Waals surface area contributed by atoms with Crippen molar-refractivity contribution in [2.45, 2.75) is 34.2 Å². The van der Waals surface area contributed by atoms with Crippen LogP contribution in [0, 0.1) is 6.92 Å². The van der Waals surface area contributed by atoms with Crippen LogP contribution in [0.25, 0.3) is 0 Å². The van der Waals surface area contributed by atoms with Gasteiger partial charge in [0.2, 0.25) is 5.78 Å². The molecule has 5 nitrogen and oxygen atoms in total. The van der Waals surface area contributed by atoms with Crippen molar-refractivity contribution in [1.82, 2.24) is 4.57 Å². The molecule has 0 spiro atoms. The van der Waals surface area contributed by atoms with Crippen molar-refractivity contribution in [3.8, 4) is 0 Å². The number of hydrogen-bond acceptors (Lipinski definition) is 4. The quantitative estimate of drug-likeness (QED) is 0.368. The standard InChI is InChI=1S/C18H20N2O3/c1-5-20-16(13(3)19-23-14(4)21)10-11-17(20)18(22)15-9-7-6-8-12(15)2/h6-11H,5H2,1-4H3. The van der Waals surface area contributed by atoms with Gasteiger partial charge in [-0.25, -0.2) is 4.79 Å². The number of carbonyl (C=O) groups is 2. The molecule has 120 valence electrons. The lowest BCUT2D eigenvalue weighted by molar-refractivity contribution is -0.140. The van der Waals surface area contributed by atoms with Gasteiger partial charge in [0.05, 0.1) is 11.4 Å². The Balaban J connectivity index is 2.42. The molecule has 0 saturated carbocycles. The van der Waals surface area contributed by atoms with E-state index in [4.69, 9.17) is 0 Å². The summed E-state index contributed by atoms with van der Waals surface area (Å²) in [6.45, 7) is 7.52. The Morgan fingerprint density at radius 3 is 2.35 bits per heavy atom. The van der Waals surface area contributed by atoms with E-state index in [2.05, 4.69) is 9.99 Å². The van der Waals surface area contributed by atoms with Gasteiger partial charge in [0.15, 0.2) is 0 Å². The van der Waals surface area contributed by atoms with Crippen molar-refractivity contribution in [1.29, 1.82) is 0 Å². The van der Waals surface area contributed by atoms with E-state index < -0.39 is 5.97 Å². The fourth-order valence-electron chi connectivity index (χ4n) is 2.47. The molecule has 0 aliphatic heterocycles. The first-order chi connectivity index (χ1) is 11.0. The fraction of sp³-hybridized carbons (Fsp3) is 0.278. The molecule has 0 bridgehead atoms. The summed E-state index contributed by atoms with van der Waals surface area (Å²) >= 11 is 0. The van der Waals surface area contributed by atoms with Gasteiger partial charge in [0, 0.05) is 19.0 Å².